The number of nitrogens with two attached hydrogens (primary N) is 1. The minimum Gasteiger partial charge on any atom is -0.366 e. The smallest absolute Gasteiger partial charge is 0.248 e. The van der Waals surface area contributed by atoms with Crippen LogP contribution >= 0.6 is 0 Å². The predicted molar refractivity (Wildman–Crippen MR) is 76.6 cm³/mol. The van der Waals surface area contributed by atoms with E-state index in [2.05, 4.69) is 5.32 Å². The Morgan fingerprint density at radius 2 is 1.86 bits per heavy atom. The highest BCUT2D eigenvalue weighted by molar-refractivity contribution is 5.92. The average molecular weight is 290 g/mol. The molecule has 0 saturated heterocycles. The molecule has 0 fully saturated rings. The Labute approximate surface area is 121 Å². The van der Waals surface area contributed by atoms with E-state index in [4.69, 9.17) is 5.73 Å². The molecule has 0 heterocycles. The Kier molecular flexibility index (Phi) is 4.65. The van der Waals surface area contributed by atoms with Crippen molar-refractivity contribution in [1.82, 2.24) is 5.32 Å². The Hall–Kier alpha value is -2.27. The molecule has 1 atom stereocenters. The lowest BCUT2D eigenvalue weighted by Gasteiger charge is -2.15. The third kappa shape index (κ3) is 3.86. The van der Waals surface area contributed by atoms with Gasteiger partial charge in [-0.15, -0.1) is 0 Å². The molecule has 2 rings (SSSR count). The maximum Gasteiger partial charge on any atom is 0.248 e. The van der Waals surface area contributed by atoms with Crippen LogP contribution in [0.3, 0.4) is 0 Å². The van der Waals surface area contributed by atoms with E-state index >= 15 is 0 Å². The van der Waals surface area contributed by atoms with Crippen LogP contribution in [-0.2, 0) is 6.54 Å². The van der Waals surface area contributed by atoms with Crippen LogP contribution in [0.25, 0.3) is 0 Å². The largest absolute Gasteiger partial charge is 0.366 e. The number of amides is 1. The van der Waals surface area contributed by atoms with Gasteiger partial charge in [-0.3, -0.25) is 4.79 Å². The van der Waals surface area contributed by atoms with E-state index in [-0.39, 0.29) is 24.0 Å². The third-order valence-corrected chi connectivity index (χ3v) is 3.30. The highest BCUT2D eigenvalue weighted by Gasteiger charge is 2.10. The van der Waals surface area contributed by atoms with Crippen LogP contribution in [0.15, 0.2) is 42.5 Å². The normalized spacial score (nSPS) is 12.1. The summed E-state index contributed by atoms with van der Waals surface area (Å²) in [6.45, 7) is 2.13. The number of nitrogens with one attached hydrogen (secondary N) is 1. The maximum atomic E-state index is 13.7. The van der Waals surface area contributed by atoms with Crippen LogP contribution in [-0.4, -0.2) is 5.91 Å². The van der Waals surface area contributed by atoms with Gasteiger partial charge in [-0.2, -0.15) is 0 Å². The van der Waals surface area contributed by atoms with Gasteiger partial charge in [0.25, 0.3) is 0 Å². The topological polar surface area (TPSA) is 55.1 Å². The number of carbonyl (C=O) groups is 1. The van der Waals surface area contributed by atoms with Crippen LogP contribution in [0.2, 0.25) is 0 Å². The van der Waals surface area contributed by atoms with Crippen molar-refractivity contribution in [2.24, 2.45) is 5.73 Å². The van der Waals surface area contributed by atoms with Crippen molar-refractivity contribution < 1.29 is 13.6 Å². The molecule has 0 aliphatic rings. The standard InChI is InChI=1S/C16H16F2N2O/c1-10(11-2-5-14(17)6-3-11)20-9-13-8-12(16(19)21)4-7-15(13)18/h2-8,10,20H,9H2,1H3,(H2,19,21)/t10-/m0/s1. The first kappa shape index (κ1) is 15.1. The van der Waals surface area contributed by atoms with E-state index in [1.165, 1.54) is 30.3 Å². The third-order valence-electron chi connectivity index (χ3n) is 3.30. The van der Waals surface area contributed by atoms with E-state index in [0.29, 0.717) is 5.56 Å². The van der Waals surface area contributed by atoms with E-state index in [1.807, 2.05) is 6.92 Å². The molecule has 2 aromatic rings. The van der Waals surface area contributed by atoms with Crippen LogP contribution in [0.1, 0.15) is 34.5 Å². The number of rotatable bonds is 5. The van der Waals surface area contributed by atoms with Gasteiger partial charge in [0.1, 0.15) is 11.6 Å². The molecule has 0 aromatic heterocycles. The highest BCUT2D eigenvalue weighted by Crippen LogP contribution is 2.15. The van der Waals surface area contributed by atoms with E-state index in [1.54, 1.807) is 12.1 Å². The van der Waals surface area contributed by atoms with Crippen molar-refractivity contribution >= 4 is 5.91 Å². The van der Waals surface area contributed by atoms with Crippen molar-refractivity contribution in [3.63, 3.8) is 0 Å². The summed E-state index contributed by atoms with van der Waals surface area (Å²) >= 11 is 0. The second kappa shape index (κ2) is 6.45. The first-order valence-electron chi connectivity index (χ1n) is 6.54. The maximum absolute atomic E-state index is 13.7. The predicted octanol–water partition coefficient (Wildman–Crippen LogP) is 2.91. The molecule has 0 saturated carbocycles. The molecule has 2 aromatic carbocycles. The molecule has 0 unspecified atom stereocenters. The van der Waals surface area contributed by atoms with Gasteiger partial charge in [0.15, 0.2) is 0 Å². The van der Waals surface area contributed by atoms with Crippen LogP contribution in [0.5, 0.6) is 0 Å². The van der Waals surface area contributed by atoms with Crippen molar-refractivity contribution in [2.75, 3.05) is 0 Å². The zero-order chi connectivity index (χ0) is 15.4. The molecule has 5 heteroatoms. The van der Waals surface area contributed by atoms with Crippen molar-refractivity contribution in [3.05, 3.63) is 70.8 Å². The fourth-order valence-electron chi connectivity index (χ4n) is 2.00. The number of benzene rings is 2. The molecule has 0 aliphatic heterocycles. The summed E-state index contributed by atoms with van der Waals surface area (Å²) in [4.78, 5) is 11.1. The fourth-order valence-corrected chi connectivity index (χ4v) is 2.00. The first-order valence-corrected chi connectivity index (χ1v) is 6.54. The molecule has 0 bridgehead atoms. The molecule has 3 nitrogen and oxygen atoms in total. The second-order valence-electron chi connectivity index (χ2n) is 4.82. The summed E-state index contributed by atoms with van der Waals surface area (Å²) in [6, 6.07) is 10.0. The van der Waals surface area contributed by atoms with Gasteiger partial charge in [-0.25, -0.2) is 8.78 Å². The summed E-state index contributed by atoms with van der Waals surface area (Å²) in [5.74, 6) is -1.30. The zero-order valence-corrected chi connectivity index (χ0v) is 11.6. The minimum atomic E-state index is -0.595. The van der Waals surface area contributed by atoms with E-state index < -0.39 is 11.7 Å². The summed E-state index contributed by atoms with van der Waals surface area (Å²) in [5.41, 5.74) is 6.70. The molecule has 3 N–H and O–H groups in total. The Balaban J connectivity index is 2.07. The van der Waals surface area contributed by atoms with Crippen molar-refractivity contribution in [1.29, 1.82) is 0 Å². The number of hydrogen-bond acceptors (Lipinski definition) is 2. The molecule has 110 valence electrons. The number of hydrogen-bond donors (Lipinski definition) is 2. The molecule has 0 radical (unpaired) electrons. The van der Waals surface area contributed by atoms with E-state index in [0.717, 1.165) is 5.56 Å². The monoisotopic (exact) mass is 290 g/mol. The SMILES string of the molecule is C[C@H](NCc1cc(C(N)=O)ccc1F)c1ccc(F)cc1. The number of primary amides is 1. The van der Waals surface area contributed by atoms with Gasteiger partial charge in [0.05, 0.1) is 0 Å². The first-order chi connectivity index (χ1) is 9.97. The summed E-state index contributed by atoms with van der Waals surface area (Å²) in [7, 11) is 0. The fraction of sp³-hybridized carbons (Fsp3) is 0.188. The lowest BCUT2D eigenvalue weighted by Crippen LogP contribution is -2.19. The Bertz CT molecular complexity index is 641. The lowest BCUT2D eigenvalue weighted by molar-refractivity contribution is 0.1000. The quantitative estimate of drug-likeness (QED) is 0.889. The molecular formula is C16H16F2N2O. The number of carbonyl (C=O) groups excluding carboxylic acids is 1. The average Bonchev–Trinajstić information content (AvgIpc) is 2.46. The minimum absolute atomic E-state index is 0.0813. The van der Waals surface area contributed by atoms with Gasteiger partial charge in [-0.05, 0) is 42.8 Å². The zero-order valence-electron chi connectivity index (χ0n) is 11.6. The van der Waals surface area contributed by atoms with E-state index in [9.17, 15) is 13.6 Å². The highest BCUT2D eigenvalue weighted by atomic mass is 19.1. The van der Waals surface area contributed by atoms with Gasteiger partial charge >= 0.3 is 0 Å². The van der Waals surface area contributed by atoms with Crippen LogP contribution in [0, 0.1) is 11.6 Å². The Morgan fingerprint density at radius 1 is 1.19 bits per heavy atom. The van der Waals surface area contributed by atoms with Gasteiger partial charge in [0, 0.05) is 23.7 Å². The lowest BCUT2D eigenvalue weighted by atomic mass is 10.1. The van der Waals surface area contributed by atoms with Crippen LogP contribution < -0.4 is 11.1 Å². The molecule has 1 amide bonds. The van der Waals surface area contributed by atoms with Gasteiger partial charge in [0.2, 0.25) is 5.91 Å². The van der Waals surface area contributed by atoms with Crippen molar-refractivity contribution in [3.8, 4) is 0 Å². The summed E-state index contributed by atoms with van der Waals surface area (Å²) < 4.78 is 26.6. The summed E-state index contributed by atoms with van der Waals surface area (Å²) in [5, 5.41) is 3.13. The molecule has 0 aliphatic carbocycles. The summed E-state index contributed by atoms with van der Waals surface area (Å²) in [6.07, 6.45) is 0. The second-order valence-corrected chi connectivity index (χ2v) is 4.82. The number of halogens is 2. The molecule has 0 spiro atoms. The van der Waals surface area contributed by atoms with Crippen LogP contribution in [0.4, 0.5) is 8.78 Å². The molecular weight excluding hydrogens is 274 g/mol. The van der Waals surface area contributed by atoms with Gasteiger partial charge < -0.3 is 11.1 Å². The van der Waals surface area contributed by atoms with Gasteiger partial charge in [-0.1, -0.05) is 12.1 Å². The Morgan fingerprint density at radius 3 is 2.48 bits per heavy atom. The molecule has 21 heavy (non-hydrogen) atoms. The van der Waals surface area contributed by atoms with Crippen molar-refractivity contribution in [2.45, 2.75) is 19.5 Å².